The molecule has 0 spiro atoms. The number of carbonyl (C=O) groups is 2. The first-order valence-corrected chi connectivity index (χ1v) is 7.47. The number of hydrogen-bond acceptors (Lipinski definition) is 3. The lowest BCUT2D eigenvalue weighted by Crippen LogP contribution is -2.22. The minimum absolute atomic E-state index is 0.106. The van der Waals surface area contributed by atoms with Crippen LogP contribution in [0, 0.1) is 0 Å². The van der Waals surface area contributed by atoms with Crippen LogP contribution in [0.15, 0.2) is 60.7 Å². The van der Waals surface area contributed by atoms with Gasteiger partial charge in [0.15, 0.2) is 11.6 Å². The van der Waals surface area contributed by atoms with Gasteiger partial charge in [0.25, 0.3) is 0 Å². The maximum absolute atomic E-state index is 12.8. The number of benzene rings is 2. The summed E-state index contributed by atoms with van der Waals surface area (Å²) >= 11 is 0. The van der Waals surface area contributed by atoms with Crippen molar-refractivity contribution in [1.29, 1.82) is 0 Å². The van der Waals surface area contributed by atoms with Gasteiger partial charge < -0.3 is 4.74 Å². The molecule has 0 radical (unpaired) electrons. The SMILES string of the molecule is C=C1C(=C)C2OC1c1cc3c(cc12)C(=O)c1ccccc1C3=O. The average molecular weight is 300 g/mol. The number of rotatable bonds is 0. The first kappa shape index (κ1) is 12.7. The van der Waals surface area contributed by atoms with Gasteiger partial charge in [-0.05, 0) is 34.4 Å². The number of hydrogen-bond donors (Lipinski definition) is 0. The maximum Gasteiger partial charge on any atom is 0.194 e. The highest BCUT2D eigenvalue weighted by Gasteiger charge is 2.45. The second-order valence-electron chi connectivity index (χ2n) is 6.18. The number of ketones is 2. The minimum atomic E-state index is -0.243. The summed E-state index contributed by atoms with van der Waals surface area (Å²) in [5.74, 6) is -0.213. The van der Waals surface area contributed by atoms with Crippen LogP contribution in [0.3, 0.4) is 0 Å². The van der Waals surface area contributed by atoms with Crippen molar-refractivity contribution >= 4 is 11.6 Å². The zero-order chi connectivity index (χ0) is 15.9. The fourth-order valence-electron chi connectivity index (χ4n) is 3.79. The van der Waals surface area contributed by atoms with Crippen LogP contribution in [0.25, 0.3) is 0 Å². The van der Waals surface area contributed by atoms with E-state index in [0.717, 1.165) is 22.3 Å². The lowest BCUT2D eigenvalue weighted by Gasteiger charge is -2.22. The van der Waals surface area contributed by atoms with Crippen molar-refractivity contribution in [1.82, 2.24) is 0 Å². The Balaban J connectivity index is 1.78. The van der Waals surface area contributed by atoms with Gasteiger partial charge in [0, 0.05) is 22.3 Å². The lowest BCUT2D eigenvalue weighted by atomic mass is 9.78. The monoisotopic (exact) mass is 300 g/mol. The van der Waals surface area contributed by atoms with Crippen LogP contribution in [-0.2, 0) is 4.74 Å². The highest BCUT2D eigenvalue weighted by atomic mass is 16.5. The Kier molecular flexibility index (Phi) is 2.18. The van der Waals surface area contributed by atoms with Gasteiger partial charge in [-0.2, -0.15) is 0 Å². The molecule has 1 fully saturated rings. The highest BCUT2D eigenvalue weighted by Crippen LogP contribution is 2.56. The third-order valence-electron chi connectivity index (χ3n) is 5.01. The molecular formula is C20H12O3. The van der Waals surface area contributed by atoms with Gasteiger partial charge in [0.1, 0.15) is 12.2 Å². The first-order chi connectivity index (χ1) is 11.1. The van der Waals surface area contributed by atoms with Crippen molar-refractivity contribution in [3.8, 4) is 0 Å². The van der Waals surface area contributed by atoms with E-state index in [-0.39, 0.29) is 23.8 Å². The van der Waals surface area contributed by atoms with Crippen LogP contribution in [0.5, 0.6) is 0 Å². The number of fused-ring (bicyclic) bond motifs is 7. The van der Waals surface area contributed by atoms with Crippen molar-refractivity contribution in [2.75, 3.05) is 0 Å². The predicted octanol–water partition coefficient (Wildman–Crippen LogP) is 3.70. The molecule has 23 heavy (non-hydrogen) atoms. The highest BCUT2D eigenvalue weighted by molar-refractivity contribution is 6.28. The molecule has 2 atom stereocenters. The summed E-state index contributed by atoms with van der Waals surface area (Å²) < 4.78 is 5.91. The Bertz CT molecular complexity index is 902. The smallest absolute Gasteiger partial charge is 0.194 e. The topological polar surface area (TPSA) is 43.4 Å². The van der Waals surface area contributed by atoms with E-state index in [9.17, 15) is 9.59 Å². The molecule has 0 amide bonds. The Labute approximate surface area is 132 Å². The first-order valence-electron chi connectivity index (χ1n) is 7.47. The molecule has 3 aliphatic rings. The summed E-state index contributed by atoms with van der Waals surface area (Å²) in [4.78, 5) is 25.5. The van der Waals surface area contributed by atoms with Crippen LogP contribution < -0.4 is 0 Å². The zero-order valence-corrected chi connectivity index (χ0v) is 12.3. The predicted molar refractivity (Wildman–Crippen MR) is 84.6 cm³/mol. The number of ether oxygens (including phenoxy) is 1. The summed E-state index contributed by atoms with van der Waals surface area (Å²) in [6, 6.07) is 10.6. The Hall–Kier alpha value is -2.78. The fourth-order valence-corrected chi connectivity index (χ4v) is 3.79. The summed E-state index contributed by atoms with van der Waals surface area (Å²) in [5, 5.41) is 0. The van der Waals surface area contributed by atoms with Crippen molar-refractivity contribution in [2.45, 2.75) is 12.2 Å². The van der Waals surface area contributed by atoms with Gasteiger partial charge in [0.05, 0.1) is 0 Å². The molecular weight excluding hydrogens is 288 g/mol. The van der Waals surface area contributed by atoms with Gasteiger partial charge in [-0.3, -0.25) is 9.59 Å². The van der Waals surface area contributed by atoms with Crippen LogP contribution >= 0.6 is 0 Å². The van der Waals surface area contributed by atoms with Gasteiger partial charge in [-0.1, -0.05) is 37.4 Å². The summed E-state index contributed by atoms with van der Waals surface area (Å²) in [6.07, 6.45) is -0.485. The fraction of sp³-hybridized carbons (Fsp3) is 0.100. The Morgan fingerprint density at radius 3 is 1.61 bits per heavy atom. The molecule has 0 N–H and O–H groups in total. The summed E-state index contributed by atoms with van der Waals surface area (Å²) in [6.45, 7) is 8.04. The van der Waals surface area contributed by atoms with Gasteiger partial charge in [0.2, 0.25) is 0 Å². The van der Waals surface area contributed by atoms with E-state index in [4.69, 9.17) is 4.74 Å². The summed E-state index contributed by atoms with van der Waals surface area (Å²) in [7, 11) is 0. The molecule has 1 aliphatic carbocycles. The molecule has 2 bridgehead atoms. The van der Waals surface area contributed by atoms with E-state index in [0.29, 0.717) is 22.3 Å². The van der Waals surface area contributed by atoms with E-state index < -0.39 is 0 Å². The van der Waals surface area contributed by atoms with Crippen molar-refractivity contribution in [2.24, 2.45) is 0 Å². The molecule has 0 saturated carbocycles. The molecule has 3 nitrogen and oxygen atoms in total. The van der Waals surface area contributed by atoms with Gasteiger partial charge in [-0.25, -0.2) is 0 Å². The van der Waals surface area contributed by atoms with Crippen molar-refractivity contribution in [3.05, 3.63) is 94.1 Å². The summed E-state index contributed by atoms with van der Waals surface area (Å²) in [5.41, 5.74) is 5.45. The van der Waals surface area contributed by atoms with Crippen LogP contribution in [-0.4, -0.2) is 11.6 Å². The zero-order valence-electron chi connectivity index (χ0n) is 12.3. The third kappa shape index (κ3) is 1.38. The van der Waals surface area contributed by atoms with E-state index in [2.05, 4.69) is 13.2 Å². The molecule has 2 heterocycles. The largest absolute Gasteiger partial charge is 0.356 e. The Morgan fingerprint density at radius 2 is 1.17 bits per heavy atom. The maximum atomic E-state index is 12.8. The molecule has 2 aromatic rings. The molecule has 3 heteroatoms. The molecule has 2 aliphatic heterocycles. The van der Waals surface area contributed by atoms with E-state index in [1.807, 2.05) is 12.1 Å². The second-order valence-corrected chi connectivity index (χ2v) is 6.18. The molecule has 2 aromatic carbocycles. The van der Waals surface area contributed by atoms with Crippen LogP contribution in [0.4, 0.5) is 0 Å². The number of carbonyl (C=O) groups excluding carboxylic acids is 2. The third-order valence-corrected chi connectivity index (χ3v) is 5.01. The van der Waals surface area contributed by atoms with Gasteiger partial charge in [-0.15, -0.1) is 0 Å². The molecule has 2 unspecified atom stereocenters. The van der Waals surface area contributed by atoms with E-state index >= 15 is 0 Å². The average Bonchev–Trinajstić information content (AvgIpc) is 3.08. The van der Waals surface area contributed by atoms with Gasteiger partial charge >= 0.3 is 0 Å². The quantitative estimate of drug-likeness (QED) is 0.636. The Morgan fingerprint density at radius 1 is 0.739 bits per heavy atom. The molecule has 110 valence electrons. The van der Waals surface area contributed by atoms with E-state index in [1.165, 1.54) is 0 Å². The lowest BCUT2D eigenvalue weighted by molar-refractivity contribution is 0.0904. The van der Waals surface area contributed by atoms with Crippen LogP contribution in [0.2, 0.25) is 0 Å². The molecule has 5 rings (SSSR count). The second kappa shape index (κ2) is 3.94. The van der Waals surface area contributed by atoms with E-state index in [1.54, 1.807) is 24.3 Å². The standard InChI is InChI=1S/C20H12O3/c1-9-10(2)20-16-8-14-13(7-15(16)19(9)23-20)17(21)11-5-3-4-6-12(11)18(14)22/h3-8,19-20H,1-2H2. The minimum Gasteiger partial charge on any atom is -0.356 e. The molecule has 1 saturated heterocycles. The van der Waals surface area contributed by atoms with Crippen molar-refractivity contribution < 1.29 is 14.3 Å². The van der Waals surface area contributed by atoms with Crippen LogP contribution in [0.1, 0.15) is 55.2 Å². The molecule has 0 aromatic heterocycles. The normalized spacial score (nSPS) is 23.8. The van der Waals surface area contributed by atoms with Crippen molar-refractivity contribution in [3.63, 3.8) is 0 Å².